The second kappa shape index (κ2) is 7.95. The molecule has 0 aromatic heterocycles. The predicted octanol–water partition coefficient (Wildman–Crippen LogP) is 1.75. The van der Waals surface area contributed by atoms with Gasteiger partial charge in [-0.25, -0.2) is 8.42 Å². The van der Waals surface area contributed by atoms with E-state index in [9.17, 15) is 18.0 Å². The van der Waals surface area contributed by atoms with E-state index in [-0.39, 0.29) is 60.3 Å². The molecule has 1 fully saturated rings. The van der Waals surface area contributed by atoms with Crippen molar-refractivity contribution in [3.05, 3.63) is 46.5 Å². The number of anilines is 1. The fraction of sp³-hybridized carbons (Fsp3) is 0.333. The van der Waals surface area contributed by atoms with Crippen LogP contribution >= 0.6 is 11.6 Å². The topological polar surface area (TPSA) is 105 Å². The molecule has 0 unspecified atom stereocenters. The maximum atomic E-state index is 13.2. The van der Waals surface area contributed by atoms with Crippen molar-refractivity contribution < 1.29 is 27.5 Å². The van der Waals surface area contributed by atoms with E-state index in [0.717, 1.165) is 17.7 Å². The first-order valence-corrected chi connectivity index (χ1v) is 12.0. The molecule has 0 radical (unpaired) electrons. The number of hydrogen-bond acceptors (Lipinski definition) is 6. The number of hydrogen-bond donors (Lipinski definition) is 1. The van der Waals surface area contributed by atoms with Crippen molar-refractivity contribution in [2.45, 2.75) is 11.3 Å². The van der Waals surface area contributed by atoms with Crippen LogP contribution in [0, 0.1) is 0 Å². The van der Waals surface area contributed by atoms with Crippen LogP contribution in [0.5, 0.6) is 11.5 Å². The van der Waals surface area contributed by atoms with Crippen LogP contribution in [0.4, 0.5) is 5.69 Å². The van der Waals surface area contributed by atoms with Gasteiger partial charge in [-0.1, -0.05) is 11.6 Å². The molecule has 3 aliphatic rings. The molecular formula is C21H20ClN3O6S. The Kier molecular flexibility index (Phi) is 5.23. The van der Waals surface area contributed by atoms with Crippen molar-refractivity contribution in [2.24, 2.45) is 0 Å². The van der Waals surface area contributed by atoms with E-state index in [4.69, 9.17) is 21.1 Å². The molecule has 32 heavy (non-hydrogen) atoms. The van der Waals surface area contributed by atoms with Gasteiger partial charge >= 0.3 is 0 Å². The molecule has 3 aliphatic heterocycles. The Labute approximate surface area is 189 Å². The molecule has 0 bridgehead atoms. The van der Waals surface area contributed by atoms with Crippen LogP contribution in [0.3, 0.4) is 0 Å². The second-order valence-electron chi connectivity index (χ2n) is 7.73. The molecule has 0 atom stereocenters. The highest BCUT2D eigenvalue weighted by Gasteiger charge is 2.33. The number of nitrogens with one attached hydrogen (secondary N) is 1. The summed E-state index contributed by atoms with van der Waals surface area (Å²) in [4.78, 5) is 25.9. The zero-order chi connectivity index (χ0) is 22.5. The van der Waals surface area contributed by atoms with Gasteiger partial charge in [-0.15, -0.1) is 0 Å². The number of sulfonamides is 1. The SMILES string of the molecule is O=C1COc2cc(S(=O)(=O)N3CCN(C(=O)c4ccc5c(c4)CCO5)CC3)c(Cl)cc2N1. The van der Waals surface area contributed by atoms with Gasteiger partial charge in [0.1, 0.15) is 16.4 Å². The van der Waals surface area contributed by atoms with Crippen molar-refractivity contribution in [2.75, 3.05) is 44.7 Å². The number of carbonyl (C=O) groups excluding carboxylic acids is 2. The van der Waals surface area contributed by atoms with E-state index in [0.29, 0.717) is 17.9 Å². The quantitative estimate of drug-likeness (QED) is 0.722. The van der Waals surface area contributed by atoms with Gasteiger partial charge < -0.3 is 19.7 Å². The van der Waals surface area contributed by atoms with Crippen LogP contribution in [0.1, 0.15) is 15.9 Å². The summed E-state index contributed by atoms with van der Waals surface area (Å²) in [5.74, 6) is 0.596. The van der Waals surface area contributed by atoms with E-state index < -0.39 is 10.0 Å². The third-order valence-electron chi connectivity index (χ3n) is 5.75. The average molecular weight is 478 g/mol. The lowest BCUT2D eigenvalue weighted by Gasteiger charge is -2.34. The summed E-state index contributed by atoms with van der Waals surface area (Å²) in [5, 5.41) is 2.59. The molecule has 0 spiro atoms. The van der Waals surface area contributed by atoms with Crippen LogP contribution in [-0.2, 0) is 21.2 Å². The van der Waals surface area contributed by atoms with E-state index >= 15 is 0 Å². The highest BCUT2D eigenvalue weighted by Crippen LogP contribution is 2.37. The van der Waals surface area contributed by atoms with E-state index in [1.54, 1.807) is 17.0 Å². The molecule has 1 saturated heterocycles. The van der Waals surface area contributed by atoms with Crippen molar-refractivity contribution in [1.29, 1.82) is 0 Å². The lowest BCUT2D eigenvalue weighted by molar-refractivity contribution is -0.118. The number of nitrogens with zero attached hydrogens (tertiary/aromatic N) is 2. The standard InChI is InChI=1S/C21H20ClN3O6S/c22-15-10-16-18(31-12-20(26)23-16)11-19(15)32(28,29)25-6-4-24(5-7-25)21(27)14-1-2-17-13(9-14)3-8-30-17/h1-2,9-11H,3-8,12H2,(H,23,26). The van der Waals surface area contributed by atoms with Crippen molar-refractivity contribution in [3.63, 3.8) is 0 Å². The molecule has 11 heteroatoms. The number of fused-ring (bicyclic) bond motifs is 2. The Balaban J connectivity index is 1.30. The van der Waals surface area contributed by atoms with E-state index in [2.05, 4.69) is 5.32 Å². The molecule has 2 aromatic carbocycles. The van der Waals surface area contributed by atoms with E-state index in [1.165, 1.54) is 16.4 Å². The molecule has 0 aliphatic carbocycles. The summed E-state index contributed by atoms with van der Waals surface area (Å²) in [6, 6.07) is 8.09. The van der Waals surface area contributed by atoms with Crippen LogP contribution in [0.2, 0.25) is 5.02 Å². The monoisotopic (exact) mass is 477 g/mol. The third kappa shape index (κ3) is 3.68. The first-order valence-electron chi connectivity index (χ1n) is 10.1. The number of benzene rings is 2. The lowest BCUT2D eigenvalue weighted by atomic mass is 10.1. The molecule has 2 amide bonds. The number of halogens is 1. The largest absolute Gasteiger partial charge is 0.493 e. The Morgan fingerprint density at radius 3 is 2.59 bits per heavy atom. The van der Waals surface area contributed by atoms with Gasteiger partial charge in [0, 0.05) is 44.2 Å². The number of amides is 2. The second-order valence-corrected chi connectivity index (χ2v) is 10.0. The highest BCUT2D eigenvalue weighted by molar-refractivity contribution is 7.89. The first-order chi connectivity index (χ1) is 15.3. The Hall–Kier alpha value is -2.82. The van der Waals surface area contributed by atoms with Crippen molar-refractivity contribution >= 4 is 39.1 Å². The minimum Gasteiger partial charge on any atom is -0.493 e. The molecule has 168 valence electrons. The number of rotatable bonds is 3. The van der Waals surface area contributed by atoms with Crippen LogP contribution in [-0.4, -0.2) is 68.8 Å². The predicted molar refractivity (Wildman–Crippen MR) is 116 cm³/mol. The maximum Gasteiger partial charge on any atom is 0.262 e. The van der Waals surface area contributed by atoms with Crippen LogP contribution in [0.25, 0.3) is 0 Å². The molecule has 9 nitrogen and oxygen atoms in total. The summed E-state index contributed by atoms with van der Waals surface area (Å²) in [5.41, 5.74) is 1.92. The van der Waals surface area contributed by atoms with Gasteiger partial charge in [-0.05, 0) is 29.8 Å². The molecule has 1 N–H and O–H groups in total. The highest BCUT2D eigenvalue weighted by atomic mass is 35.5. The smallest absolute Gasteiger partial charge is 0.262 e. The molecule has 0 saturated carbocycles. The number of ether oxygens (including phenoxy) is 2. The van der Waals surface area contributed by atoms with Gasteiger partial charge in [-0.2, -0.15) is 4.31 Å². The summed E-state index contributed by atoms with van der Waals surface area (Å²) in [6.45, 7) is 1.25. The lowest BCUT2D eigenvalue weighted by Crippen LogP contribution is -2.50. The Morgan fingerprint density at radius 2 is 1.81 bits per heavy atom. The average Bonchev–Trinajstić information content (AvgIpc) is 3.26. The molecule has 3 heterocycles. The van der Waals surface area contributed by atoms with Crippen LogP contribution < -0.4 is 14.8 Å². The Bertz CT molecular complexity index is 1220. The van der Waals surface area contributed by atoms with E-state index in [1.807, 2.05) is 6.07 Å². The van der Waals surface area contributed by atoms with Crippen molar-refractivity contribution in [1.82, 2.24) is 9.21 Å². The van der Waals surface area contributed by atoms with Crippen LogP contribution in [0.15, 0.2) is 35.2 Å². The van der Waals surface area contributed by atoms with Gasteiger partial charge in [0.25, 0.3) is 11.8 Å². The summed E-state index contributed by atoms with van der Waals surface area (Å²) in [6.07, 6.45) is 0.775. The normalized spacial score (nSPS) is 18.3. The minimum atomic E-state index is -3.91. The van der Waals surface area contributed by atoms with Gasteiger partial charge in [-0.3, -0.25) is 9.59 Å². The van der Waals surface area contributed by atoms with Crippen molar-refractivity contribution in [3.8, 4) is 11.5 Å². The number of piperazine rings is 1. The zero-order valence-corrected chi connectivity index (χ0v) is 18.5. The van der Waals surface area contributed by atoms with Gasteiger partial charge in [0.15, 0.2) is 6.61 Å². The first kappa shape index (κ1) is 21.0. The maximum absolute atomic E-state index is 13.2. The summed E-state index contributed by atoms with van der Waals surface area (Å²) < 4.78 is 38.5. The fourth-order valence-electron chi connectivity index (χ4n) is 4.05. The molecule has 2 aromatic rings. The summed E-state index contributed by atoms with van der Waals surface area (Å²) in [7, 11) is -3.91. The zero-order valence-electron chi connectivity index (χ0n) is 17.0. The number of carbonyl (C=O) groups is 2. The molecular weight excluding hydrogens is 458 g/mol. The Morgan fingerprint density at radius 1 is 1.03 bits per heavy atom. The van der Waals surface area contributed by atoms with Gasteiger partial charge in [0.2, 0.25) is 10.0 Å². The summed E-state index contributed by atoms with van der Waals surface area (Å²) >= 11 is 6.23. The molecule has 5 rings (SSSR count). The van der Waals surface area contributed by atoms with Gasteiger partial charge in [0.05, 0.1) is 17.3 Å². The minimum absolute atomic E-state index is 0.00610. The fourth-order valence-corrected chi connectivity index (χ4v) is 5.99. The third-order valence-corrected chi connectivity index (χ3v) is 8.11.